The molecule has 0 spiro atoms. The molecule has 0 saturated heterocycles. The average molecular weight is 469 g/mol. The van der Waals surface area contributed by atoms with Crippen molar-refractivity contribution in [3.05, 3.63) is 78.4 Å². The third kappa shape index (κ3) is 5.44. The fraction of sp³-hybridized carbons (Fsp3) is 0.208. The molecule has 3 aromatic rings. The maximum absolute atomic E-state index is 13.4. The summed E-state index contributed by atoms with van der Waals surface area (Å²) < 4.78 is 43.6. The van der Waals surface area contributed by atoms with Crippen LogP contribution in [0.1, 0.15) is 5.56 Å². The zero-order chi connectivity index (χ0) is 23.3. The lowest BCUT2D eigenvalue weighted by atomic mass is 10.1. The first kappa shape index (κ1) is 22.6. The average Bonchev–Trinajstić information content (AvgIpc) is 3.30. The van der Waals surface area contributed by atoms with E-state index in [9.17, 15) is 13.2 Å². The van der Waals surface area contributed by atoms with Gasteiger partial charge in [-0.2, -0.15) is 4.31 Å². The van der Waals surface area contributed by atoms with E-state index in [1.165, 1.54) is 23.5 Å². The predicted octanol–water partition coefficient (Wildman–Crippen LogP) is 3.30. The first-order valence-electron chi connectivity index (χ1n) is 10.3. The summed E-state index contributed by atoms with van der Waals surface area (Å²) in [5.41, 5.74) is 1.47. The molecule has 1 heterocycles. The molecule has 1 aliphatic heterocycles. The second kappa shape index (κ2) is 9.93. The summed E-state index contributed by atoms with van der Waals surface area (Å²) in [6.07, 6.45) is 0.466. The molecule has 0 aliphatic carbocycles. The summed E-state index contributed by atoms with van der Waals surface area (Å²) in [6, 6.07) is 20.6. The molecule has 1 aliphatic rings. The van der Waals surface area contributed by atoms with Crippen LogP contribution < -0.4 is 19.5 Å². The van der Waals surface area contributed by atoms with Crippen molar-refractivity contribution in [1.82, 2.24) is 4.31 Å². The number of nitrogens with one attached hydrogen (secondary N) is 1. The minimum absolute atomic E-state index is 0.0900. The minimum Gasteiger partial charge on any atom is -0.497 e. The highest BCUT2D eigenvalue weighted by Crippen LogP contribution is 2.34. The monoisotopic (exact) mass is 468 g/mol. The number of hydrogen-bond acceptors (Lipinski definition) is 6. The molecule has 9 heteroatoms. The van der Waals surface area contributed by atoms with E-state index in [4.69, 9.17) is 14.2 Å². The van der Waals surface area contributed by atoms with E-state index in [0.29, 0.717) is 29.4 Å². The van der Waals surface area contributed by atoms with Gasteiger partial charge < -0.3 is 19.5 Å². The van der Waals surface area contributed by atoms with Crippen molar-refractivity contribution in [2.75, 3.05) is 32.3 Å². The number of amides is 1. The van der Waals surface area contributed by atoms with Crippen molar-refractivity contribution < 1.29 is 27.4 Å². The normalized spacial score (nSPS) is 12.5. The fourth-order valence-electron chi connectivity index (χ4n) is 3.41. The highest BCUT2D eigenvalue weighted by atomic mass is 32.2. The van der Waals surface area contributed by atoms with Crippen LogP contribution in [0, 0.1) is 0 Å². The Morgan fingerprint density at radius 3 is 2.45 bits per heavy atom. The smallest absolute Gasteiger partial charge is 0.243 e. The largest absolute Gasteiger partial charge is 0.497 e. The van der Waals surface area contributed by atoms with Gasteiger partial charge in [0.15, 0.2) is 11.5 Å². The molecule has 0 bridgehead atoms. The Morgan fingerprint density at radius 1 is 1.00 bits per heavy atom. The van der Waals surface area contributed by atoms with Crippen LogP contribution in [-0.4, -0.2) is 45.6 Å². The van der Waals surface area contributed by atoms with Crippen LogP contribution >= 0.6 is 0 Å². The molecule has 0 radical (unpaired) electrons. The van der Waals surface area contributed by atoms with E-state index < -0.39 is 15.9 Å². The highest BCUT2D eigenvalue weighted by molar-refractivity contribution is 7.89. The summed E-state index contributed by atoms with van der Waals surface area (Å²) >= 11 is 0. The third-order valence-corrected chi connectivity index (χ3v) is 7.03. The Balaban J connectivity index is 1.52. The Bertz CT molecular complexity index is 1210. The number of fused-ring (bicyclic) bond motifs is 1. The number of anilines is 1. The minimum atomic E-state index is -3.92. The number of rotatable bonds is 9. The lowest BCUT2D eigenvalue weighted by Crippen LogP contribution is -2.39. The maximum Gasteiger partial charge on any atom is 0.243 e. The SMILES string of the molecule is COc1ccc(S(=O)(=O)N(CCc2ccccc2)CC(=O)Nc2ccc3c(c2)OCO3)cc1. The molecule has 0 saturated carbocycles. The van der Waals surface area contributed by atoms with Gasteiger partial charge in [0.25, 0.3) is 0 Å². The quantitative estimate of drug-likeness (QED) is 0.518. The van der Waals surface area contributed by atoms with Gasteiger partial charge in [-0.05, 0) is 48.4 Å². The molecule has 1 N–H and O–H groups in total. The lowest BCUT2D eigenvalue weighted by molar-refractivity contribution is -0.116. The predicted molar refractivity (Wildman–Crippen MR) is 123 cm³/mol. The van der Waals surface area contributed by atoms with Crippen LogP contribution in [0.25, 0.3) is 0 Å². The summed E-state index contributed by atoms with van der Waals surface area (Å²) in [5, 5.41) is 2.74. The first-order valence-corrected chi connectivity index (χ1v) is 11.8. The Morgan fingerprint density at radius 2 is 1.73 bits per heavy atom. The number of ether oxygens (including phenoxy) is 3. The Kier molecular flexibility index (Phi) is 6.81. The molecule has 4 rings (SSSR count). The van der Waals surface area contributed by atoms with Crippen LogP contribution in [0.3, 0.4) is 0 Å². The molecule has 0 aromatic heterocycles. The van der Waals surface area contributed by atoms with Crippen molar-refractivity contribution in [3.63, 3.8) is 0 Å². The van der Waals surface area contributed by atoms with Gasteiger partial charge in [0, 0.05) is 18.3 Å². The topological polar surface area (TPSA) is 94.2 Å². The number of carbonyl (C=O) groups excluding carboxylic acids is 1. The number of carbonyl (C=O) groups is 1. The molecule has 0 unspecified atom stereocenters. The molecule has 0 fully saturated rings. The number of benzene rings is 3. The van der Waals surface area contributed by atoms with Gasteiger partial charge in [-0.15, -0.1) is 0 Å². The maximum atomic E-state index is 13.4. The summed E-state index contributed by atoms with van der Waals surface area (Å²) in [7, 11) is -2.41. The lowest BCUT2D eigenvalue weighted by Gasteiger charge is -2.22. The summed E-state index contributed by atoms with van der Waals surface area (Å²) in [5.74, 6) is 1.21. The second-order valence-corrected chi connectivity index (χ2v) is 9.30. The van der Waals surface area contributed by atoms with E-state index in [1.807, 2.05) is 30.3 Å². The van der Waals surface area contributed by atoms with Crippen LogP contribution in [0.4, 0.5) is 5.69 Å². The van der Waals surface area contributed by atoms with Crippen LogP contribution in [0.15, 0.2) is 77.7 Å². The molecule has 8 nitrogen and oxygen atoms in total. The highest BCUT2D eigenvalue weighted by Gasteiger charge is 2.27. The molecule has 3 aromatic carbocycles. The standard InChI is InChI=1S/C24H24N2O6S/c1-30-20-8-10-21(11-9-20)33(28,29)26(14-13-18-5-3-2-4-6-18)16-24(27)25-19-7-12-22-23(15-19)32-17-31-22/h2-12,15H,13-14,16-17H2,1H3,(H,25,27). The van der Waals surface area contributed by atoms with Crippen LogP contribution in [0.5, 0.6) is 17.2 Å². The van der Waals surface area contributed by atoms with Gasteiger partial charge in [-0.3, -0.25) is 4.79 Å². The van der Waals surface area contributed by atoms with E-state index >= 15 is 0 Å². The van der Waals surface area contributed by atoms with Gasteiger partial charge in [-0.1, -0.05) is 30.3 Å². The molecular weight excluding hydrogens is 444 g/mol. The van der Waals surface area contributed by atoms with Crippen molar-refractivity contribution in [1.29, 1.82) is 0 Å². The third-order valence-electron chi connectivity index (χ3n) is 5.17. The number of nitrogens with zero attached hydrogens (tertiary/aromatic N) is 1. The van der Waals surface area contributed by atoms with Gasteiger partial charge in [-0.25, -0.2) is 8.42 Å². The van der Waals surface area contributed by atoms with E-state index in [2.05, 4.69) is 5.32 Å². The summed E-state index contributed by atoms with van der Waals surface area (Å²) in [6.45, 7) is -0.0668. The zero-order valence-electron chi connectivity index (χ0n) is 18.1. The second-order valence-electron chi connectivity index (χ2n) is 7.37. The number of methoxy groups -OCH3 is 1. The molecule has 0 atom stereocenters. The molecule has 33 heavy (non-hydrogen) atoms. The van der Waals surface area contributed by atoms with Gasteiger partial charge >= 0.3 is 0 Å². The van der Waals surface area contributed by atoms with Gasteiger partial charge in [0.05, 0.1) is 18.6 Å². The van der Waals surface area contributed by atoms with Gasteiger partial charge in [0.2, 0.25) is 22.7 Å². The fourth-order valence-corrected chi connectivity index (χ4v) is 4.81. The van der Waals surface area contributed by atoms with Crippen molar-refractivity contribution in [2.24, 2.45) is 0 Å². The van der Waals surface area contributed by atoms with Crippen molar-refractivity contribution in [2.45, 2.75) is 11.3 Å². The van der Waals surface area contributed by atoms with Crippen LogP contribution in [-0.2, 0) is 21.2 Å². The summed E-state index contributed by atoms with van der Waals surface area (Å²) in [4.78, 5) is 12.9. The number of sulfonamides is 1. The Labute approximate surface area is 192 Å². The van der Waals surface area contributed by atoms with E-state index in [0.717, 1.165) is 5.56 Å². The van der Waals surface area contributed by atoms with E-state index in [-0.39, 0.29) is 24.8 Å². The molecular formula is C24H24N2O6S. The first-order chi connectivity index (χ1) is 16.0. The van der Waals surface area contributed by atoms with Gasteiger partial charge in [0.1, 0.15) is 5.75 Å². The molecule has 1 amide bonds. The Hall–Kier alpha value is -3.56. The van der Waals surface area contributed by atoms with Crippen molar-refractivity contribution in [3.8, 4) is 17.2 Å². The van der Waals surface area contributed by atoms with E-state index in [1.54, 1.807) is 30.3 Å². The molecule has 172 valence electrons. The number of hydrogen-bond donors (Lipinski definition) is 1. The van der Waals surface area contributed by atoms with Crippen molar-refractivity contribution >= 4 is 21.6 Å². The zero-order valence-corrected chi connectivity index (χ0v) is 18.9. The van der Waals surface area contributed by atoms with Crippen LogP contribution in [0.2, 0.25) is 0 Å².